The minimum atomic E-state index is 0.181. The number of nitriles is 1. The van der Waals surface area contributed by atoms with Gasteiger partial charge in [0.1, 0.15) is 18.5 Å². The van der Waals surface area contributed by atoms with Gasteiger partial charge in [-0.25, -0.2) is 4.68 Å². The number of hydrogen-bond acceptors (Lipinski definition) is 4. The van der Waals surface area contributed by atoms with Gasteiger partial charge in [-0.05, 0) is 35.4 Å². The van der Waals surface area contributed by atoms with Gasteiger partial charge >= 0.3 is 0 Å². The van der Waals surface area contributed by atoms with E-state index in [4.69, 9.17) is 45.3 Å². The molecular weight excluding hydrogens is 395 g/mol. The monoisotopic (exact) mass is 406 g/mol. The second-order valence-corrected chi connectivity index (χ2v) is 6.75. The number of hydrogen-bond donors (Lipinski definition) is 1. The Kier molecular flexibility index (Phi) is 5.58. The molecule has 26 heavy (non-hydrogen) atoms. The number of aromatic nitrogens is 2. The predicted molar refractivity (Wildman–Crippen MR) is 103 cm³/mol. The highest BCUT2D eigenvalue weighted by Gasteiger charge is 2.17. The molecule has 0 fully saturated rings. The van der Waals surface area contributed by atoms with Crippen molar-refractivity contribution in [1.29, 1.82) is 5.26 Å². The van der Waals surface area contributed by atoms with Crippen molar-refractivity contribution < 1.29 is 4.74 Å². The SMILES string of the molecule is N#Cc1c(OCc2ccc(Cl)cc2)nn(Cc2ccc(Cl)c(Cl)c2)c1N. The molecule has 3 aromatic rings. The summed E-state index contributed by atoms with van der Waals surface area (Å²) in [5.41, 5.74) is 7.98. The molecule has 0 radical (unpaired) electrons. The number of ether oxygens (including phenoxy) is 1. The first-order valence-corrected chi connectivity index (χ1v) is 8.69. The zero-order chi connectivity index (χ0) is 18.7. The van der Waals surface area contributed by atoms with Crippen molar-refractivity contribution in [3.8, 4) is 11.9 Å². The predicted octanol–water partition coefficient (Wildman–Crippen LogP) is 4.92. The van der Waals surface area contributed by atoms with Gasteiger partial charge in [-0.1, -0.05) is 53.0 Å². The molecule has 0 amide bonds. The molecule has 5 nitrogen and oxygen atoms in total. The Bertz CT molecular complexity index is 977. The number of nitrogen functional groups attached to an aromatic ring is 1. The number of nitrogens with zero attached hydrogens (tertiary/aromatic N) is 3. The Morgan fingerprint density at radius 2 is 1.73 bits per heavy atom. The normalized spacial score (nSPS) is 10.5. The van der Waals surface area contributed by atoms with Crippen LogP contribution in [0.15, 0.2) is 42.5 Å². The van der Waals surface area contributed by atoms with E-state index in [-0.39, 0.29) is 23.9 Å². The summed E-state index contributed by atoms with van der Waals surface area (Å²) in [4.78, 5) is 0. The summed E-state index contributed by atoms with van der Waals surface area (Å²) >= 11 is 17.8. The second-order valence-electron chi connectivity index (χ2n) is 5.50. The van der Waals surface area contributed by atoms with E-state index in [9.17, 15) is 5.26 Å². The molecule has 132 valence electrons. The smallest absolute Gasteiger partial charge is 0.253 e. The third-order valence-corrected chi connectivity index (χ3v) is 4.67. The van der Waals surface area contributed by atoms with Crippen LogP contribution in [0.5, 0.6) is 5.88 Å². The summed E-state index contributed by atoms with van der Waals surface area (Å²) in [6, 6.07) is 14.5. The minimum Gasteiger partial charge on any atom is -0.471 e. The van der Waals surface area contributed by atoms with Crippen LogP contribution in [-0.2, 0) is 13.2 Å². The summed E-state index contributed by atoms with van der Waals surface area (Å²) in [5.74, 6) is 0.407. The third kappa shape index (κ3) is 4.05. The quantitative estimate of drug-likeness (QED) is 0.651. The lowest BCUT2D eigenvalue weighted by Gasteiger charge is -2.05. The Balaban J connectivity index is 1.81. The molecule has 3 rings (SSSR count). The fourth-order valence-corrected chi connectivity index (χ4v) is 2.77. The average Bonchev–Trinajstić information content (AvgIpc) is 2.92. The maximum absolute atomic E-state index is 9.37. The molecule has 2 aromatic carbocycles. The second kappa shape index (κ2) is 7.88. The summed E-state index contributed by atoms with van der Waals surface area (Å²) in [7, 11) is 0. The summed E-state index contributed by atoms with van der Waals surface area (Å²) in [6.07, 6.45) is 0. The van der Waals surface area contributed by atoms with Gasteiger partial charge in [-0.15, -0.1) is 5.10 Å². The summed E-state index contributed by atoms with van der Waals surface area (Å²) < 4.78 is 7.17. The van der Waals surface area contributed by atoms with Crippen molar-refractivity contribution in [1.82, 2.24) is 9.78 Å². The molecule has 0 aliphatic heterocycles. The third-order valence-electron chi connectivity index (χ3n) is 3.68. The average molecular weight is 408 g/mol. The van der Waals surface area contributed by atoms with Crippen LogP contribution in [0.2, 0.25) is 15.1 Å². The first-order chi connectivity index (χ1) is 12.5. The van der Waals surface area contributed by atoms with E-state index in [1.54, 1.807) is 24.3 Å². The number of benzene rings is 2. The van der Waals surface area contributed by atoms with Gasteiger partial charge in [0.2, 0.25) is 0 Å². The fraction of sp³-hybridized carbons (Fsp3) is 0.111. The van der Waals surface area contributed by atoms with Gasteiger partial charge < -0.3 is 10.5 Å². The van der Waals surface area contributed by atoms with E-state index in [0.29, 0.717) is 21.6 Å². The maximum Gasteiger partial charge on any atom is 0.253 e. The number of nitrogens with two attached hydrogens (primary N) is 1. The molecule has 8 heteroatoms. The van der Waals surface area contributed by atoms with Crippen molar-refractivity contribution in [3.63, 3.8) is 0 Å². The van der Waals surface area contributed by atoms with Crippen LogP contribution < -0.4 is 10.5 Å². The Morgan fingerprint density at radius 1 is 1.04 bits per heavy atom. The van der Waals surface area contributed by atoms with Crippen molar-refractivity contribution in [2.45, 2.75) is 13.2 Å². The lowest BCUT2D eigenvalue weighted by atomic mass is 10.2. The molecule has 1 aromatic heterocycles. The van der Waals surface area contributed by atoms with Gasteiger partial charge in [0.05, 0.1) is 16.6 Å². The van der Waals surface area contributed by atoms with Gasteiger partial charge in [-0.3, -0.25) is 0 Å². The van der Waals surface area contributed by atoms with Gasteiger partial charge in [0, 0.05) is 5.02 Å². The molecule has 0 atom stereocenters. The highest BCUT2D eigenvalue weighted by Crippen LogP contribution is 2.27. The highest BCUT2D eigenvalue weighted by atomic mass is 35.5. The van der Waals surface area contributed by atoms with Crippen LogP contribution in [0.4, 0.5) is 5.82 Å². The molecular formula is C18H13Cl3N4O. The van der Waals surface area contributed by atoms with Gasteiger partial charge in [0.15, 0.2) is 5.56 Å². The van der Waals surface area contributed by atoms with Crippen LogP contribution in [0.1, 0.15) is 16.7 Å². The van der Waals surface area contributed by atoms with Crippen molar-refractivity contribution >= 4 is 40.6 Å². The molecule has 0 bridgehead atoms. The Labute approximate surface area is 165 Å². The minimum absolute atomic E-state index is 0.181. The largest absolute Gasteiger partial charge is 0.471 e. The lowest BCUT2D eigenvalue weighted by Crippen LogP contribution is -2.06. The zero-order valence-corrected chi connectivity index (χ0v) is 15.7. The van der Waals surface area contributed by atoms with Gasteiger partial charge in [0.25, 0.3) is 5.88 Å². The van der Waals surface area contributed by atoms with E-state index in [1.165, 1.54) is 4.68 Å². The summed E-state index contributed by atoms with van der Waals surface area (Å²) in [6.45, 7) is 0.580. The molecule has 0 spiro atoms. The van der Waals surface area contributed by atoms with E-state index in [2.05, 4.69) is 5.10 Å². The first-order valence-electron chi connectivity index (χ1n) is 7.55. The molecule has 0 saturated carbocycles. The summed E-state index contributed by atoms with van der Waals surface area (Å²) in [5, 5.41) is 15.2. The van der Waals surface area contributed by atoms with Crippen LogP contribution >= 0.6 is 34.8 Å². The van der Waals surface area contributed by atoms with Crippen LogP contribution in [0.3, 0.4) is 0 Å². The Morgan fingerprint density at radius 3 is 2.38 bits per heavy atom. The molecule has 0 unspecified atom stereocenters. The van der Waals surface area contributed by atoms with E-state index in [0.717, 1.165) is 11.1 Å². The van der Waals surface area contributed by atoms with E-state index < -0.39 is 0 Å². The molecule has 2 N–H and O–H groups in total. The fourth-order valence-electron chi connectivity index (χ4n) is 2.32. The van der Waals surface area contributed by atoms with Crippen molar-refractivity contribution in [3.05, 3.63) is 74.2 Å². The van der Waals surface area contributed by atoms with Crippen molar-refractivity contribution in [2.24, 2.45) is 0 Å². The van der Waals surface area contributed by atoms with E-state index in [1.807, 2.05) is 24.3 Å². The zero-order valence-electron chi connectivity index (χ0n) is 13.4. The van der Waals surface area contributed by atoms with Crippen LogP contribution in [0.25, 0.3) is 0 Å². The number of rotatable bonds is 5. The Hall–Kier alpha value is -2.39. The molecule has 0 aliphatic carbocycles. The van der Waals surface area contributed by atoms with Gasteiger partial charge in [-0.2, -0.15) is 5.26 Å². The lowest BCUT2D eigenvalue weighted by molar-refractivity contribution is 0.289. The highest BCUT2D eigenvalue weighted by molar-refractivity contribution is 6.42. The molecule has 0 aliphatic rings. The molecule has 1 heterocycles. The number of halogens is 3. The van der Waals surface area contributed by atoms with E-state index >= 15 is 0 Å². The first kappa shape index (κ1) is 18.4. The standard InChI is InChI=1S/C18H13Cl3N4O/c19-13-4-1-11(2-5-13)10-26-18-14(8-22)17(23)25(24-18)9-12-3-6-15(20)16(21)7-12/h1-7H,9-10,23H2. The maximum atomic E-state index is 9.37. The number of anilines is 1. The van der Waals surface area contributed by atoms with Crippen molar-refractivity contribution in [2.75, 3.05) is 5.73 Å². The van der Waals surface area contributed by atoms with Crippen LogP contribution in [-0.4, -0.2) is 9.78 Å². The topological polar surface area (TPSA) is 76.9 Å². The molecule has 0 saturated heterocycles. The van der Waals surface area contributed by atoms with Crippen LogP contribution in [0, 0.1) is 11.3 Å².